The fourth-order valence-corrected chi connectivity index (χ4v) is 4.58. The van der Waals surface area contributed by atoms with Gasteiger partial charge in [-0.25, -0.2) is 4.79 Å². The summed E-state index contributed by atoms with van der Waals surface area (Å²) in [6.45, 7) is -2.46. The van der Waals surface area contributed by atoms with Crippen LogP contribution in [0.3, 0.4) is 0 Å². The van der Waals surface area contributed by atoms with Gasteiger partial charge < -0.3 is 9.47 Å². The van der Waals surface area contributed by atoms with Crippen molar-refractivity contribution in [3.63, 3.8) is 0 Å². The monoisotopic (exact) mass is 734 g/mol. The number of rotatable bonds is 18. The number of hydrogen-bond donors (Lipinski definition) is 0. The number of alkyl halides is 8. The minimum atomic E-state index is -5.62. The second-order valence-electron chi connectivity index (χ2n) is 10.6. The number of ether oxygens (including phenoxy) is 2. The first-order chi connectivity index (χ1) is 23.0. The first kappa shape index (κ1) is 40.9. The lowest BCUT2D eigenvalue weighted by molar-refractivity contribution is -0.396. The Kier molecular flexibility index (Phi) is 12.7. The van der Waals surface area contributed by atoms with E-state index in [4.69, 9.17) is 0 Å². The van der Waals surface area contributed by atoms with Gasteiger partial charge in [0.25, 0.3) is 22.7 Å². The van der Waals surface area contributed by atoms with Crippen molar-refractivity contribution in [1.29, 1.82) is 0 Å². The molecule has 0 unspecified atom stereocenters. The fraction of sp³-hybridized carbons (Fsp3) is 0.519. The van der Waals surface area contributed by atoms with Gasteiger partial charge in [0.2, 0.25) is 0 Å². The third kappa shape index (κ3) is 8.66. The molecule has 15 nitrogen and oxygen atoms in total. The predicted molar refractivity (Wildman–Crippen MR) is 152 cm³/mol. The van der Waals surface area contributed by atoms with Crippen molar-refractivity contribution in [2.75, 3.05) is 13.2 Å². The summed E-state index contributed by atoms with van der Waals surface area (Å²) < 4.78 is 128. The van der Waals surface area contributed by atoms with Gasteiger partial charge in [0.15, 0.2) is 13.2 Å². The molecule has 2 aromatic rings. The average molecular weight is 735 g/mol. The molecule has 0 saturated heterocycles. The van der Waals surface area contributed by atoms with Crippen LogP contribution in [-0.2, 0) is 34.2 Å². The molecule has 0 amide bonds. The van der Waals surface area contributed by atoms with E-state index < -0.39 is 121 Å². The zero-order valence-corrected chi connectivity index (χ0v) is 25.8. The van der Waals surface area contributed by atoms with Crippen LogP contribution in [0.5, 0.6) is 0 Å². The molecule has 0 aliphatic heterocycles. The van der Waals surface area contributed by atoms with E-state index in [1.165, 1.54) is 13.8 Å². The standard InChI is InChI=1S/C27H26F8N4O11/c1-3-5-7-15-9-17(36(41)42)11-19(38(45)46)21(15)26(32,33)24(28,29)13-49-23(40)50-14-25(30,31)27(34,35)22-16(8-6-4-2)10-18(37(43)44)12-20(22)39(47)48/h9-12H,3-8,13-14H2,1-2H3. The minimum Gasteiger partial charge on any atom is -0.428 e. The number of nitrogens with zero attached hydrogens (tertiary/aromatic N) is 4. The maximum absolute atomic E-state index is 15.3. The Labute approximate surface area is 274 Å². The third-order valence-corrected chi connectivity index (χ3v) is 7.07. The normalized spacial score (nSPS) is 12.4. The van der Waals surface area contributed by atoms with Crippen LogP contribution in [0.4, 0.5) is 62.7 Å². The van der Waals surface area contributed by atoms with Crippen molar-refractivity contribution < 1.29 is 69.1 Å². The molecule has 0 fully saturated rings. The first-order valence-electron chi connectivity index (χ1n) is 14.2. The highest BCUT2D eigenvalue weighted by atomic mass is 19.3. The number of carbonyl (C=O) groups is 1. The number of aryl methyl sites for hydroxylation is 2. The van der Waals surface area contributed by atoms with E-state index in [0.29, 0.717) is 12.1 Å². The van der Waals surface area contributed by atoms with E-state index in [1.807, 2.05) is 0 Å². The third-order valence-electron chi connectivity index (χ3n) is 7.07. The van der Waals surface area contributed by atoms with E-state index in [0.717, 1.165) is 0 Å². The first-order valence-corrected chi connectivity index (χ1v) is 14.2. The second-order valence-corrected chi connectivity index (χ2v) is 10.6. The molecule has 0 radical (unpaired) electrons. The summed E-state index contributed by atoms with van der Waals surface area (Å²) in [5.41, 5.74) is -11.6. The van der Waals surface area contributed by atoms with Crippen LogP contribution >= 0.6 is 0 Å². The van der Waals surface area contributed by atoms with Gasteiger partial charge in [-0.15, -0.1) is 0 Å². The molecule has 0 spiro atoms. The summed E-state index contributed by atoms with van der Waals surface area (Å²) in [7, 11) is 0. The van der Waals surface area contributed by atoms with Gasteiger partial charge in [-0.2, -0.15) is 35.1 Å². The van der Waals surface area contributed by atoms with E-state index in [9.17, 15) is 62.8 Å². The van der Waals surface area contributed by atoms with Crippen LogP contribution in [0, 0.1) is 40.5 Å². The van der Waals surface area contributed by atoms with Gasteiger partial charge in [0.05, 0.1) is 31.8 Å². The minimum absolute atomic E-state index is 0.00487. The summed E-state index contributed by atoms with van der Waals surface area (Å²) in [6.07, 6.45) is -3.50. The smallest absolute Gasteiger partial charge is 0.428 e. The Hall–Kier alpha value is -5.25. The number of hydrogen-bond acceptors (Lipinski definition) is 11. The second kappa shape index (κ2) is 15.5. The number of carbonyl (C=O) groups excluding carboxylic acids is 1. The van der Waals surface area contributed by atoms with Gasteiger partial charge >= 0.3 is 29.8 Å². The molecule has 276 valence electrons. The molecule has 2 rings (SSSR count). The lowest BCUT2D eigenvalue weighted by Gasteiger charge is -2.29. The maximum Gasteiger partial charge on any atom is 0.508 e. The number of halogens is 8. The molecule has 0 N–H and O–H groups in total. The Morgan fingerprint density at radius 2 is 0.920 bits per heavy atom. The van der Waals surface area contributed by atoms with Crippen LogP contribution in [0.2, 0.25) is 0 Å². The Bertz CT molecular complexity index is 1540. The van der Waals surface area contributed by atoms with Gasteiger partial charge in [-0.3, -0.25) is 40.5 Å². The molecule has 0 aromatic heterocycles. The molecule has 50 heavy (non-hydrogen) atoms. The Balaban J connectivity index is 2.40. The molecule has 0 heterocycles. The molecule has 0 aliphatic carbocycles. The zero-order valence-electron chi connectivity index (χ0n) is 25.8. The van der Waals surface area contributed by atoms with Gasteiger partial charge in [-0.05, 0) is 36.8 Å². The van der Waals surface area contributed by atoms with Crippen LogP contribution < -0.4 is 0 Å². The van der Waals surface area contributed by atoms with Crippen molar-refractivity contribution in [2.24, 2.45) is 0 Å². The van der Waals surface area contributed by atoms with E-state index in [2.05, 4.69) is 9.47 Å². The highest BCUT2D eigenvalue weighted by Gasteiger charge is 2.63. The van der Waals surface area contributed by atoms with Crippen LogP contribution in [0.15, 0.2) is 24.3 Å². The Morgan fingerprint density at radius 3 is 1.18 bits per heavy atom. The molecule has 0 atom stereocenters. The molecule has 0 aliphatic rings. The van der Waals surface area contributed by atoms with E-state index in [1.54, 1.807) is 0 Å². The summed E-state index contributed by atoms with van der Waals surface area (Å²) >= 11 is 0. The fourth-order valence-electron chi connectivity index (χ4n) is 4.58. The lowest BCUT2D eigenvalue weighted by Crippen LogP contribution is -2.45. The summed E-state index contributed by atoms with van der Waals surface area (Å²) in [5.74, 6) is -22.4. The SMILES string of the molecule is CCCCc1cc([N+](=O)[O-])cc([N+](=O)[O-])c1C(F)(F)C(F)(F)COC(=O)OCC(F)(F)C(F)(F)c1c(CCCC)cc([N+](=O)[O-])cc1[N+](=O)[O-]. The van der Waals surface area contributed by atoms with Crippen molar-refractivity contribution in [3.8, 4) is 0 Å². The van der Waals surface area contributed by atoms with E-state index in [-0.39, 0.29) is 37.8 Å². The number of nitro benzene ring substituents is 4. The highest BCUT2D eigenvalue weighted by molar-refractivity contribution is 5.61. The molecular formula is C27H26F8N4O11. The molecular weight excluding hydrogens is 708 g/mol. The van der Waals surface area contributed by atoms with Crippen molar-refractivity contribution in [1.82, 2.24) is 0 Å². The molecule has 0 bridgehead atoms. The van der Waals surface area contributed by atoms with Crippen LogP contribution in [0.25, 0.3) is 0 Å². The predicted octanol–water partition coefficient (Wildman–Crippen LogP) is 8.31. The van der Waals surface area contributed by atoms with Crippen LogP contribution in [-0.4, -0.2) is 50.9 Å². The maximum atomic E-state index is 15.3. The summed E-state index contributed by atoms with van der Waals surface area (Å²) in [5, 5.41) is 45.4. The van der Waals surface area contributed by atoms with Gasteiger partial charge in [0, 0.05) is 12.1 Å². The lowest BCUT2D eigenvalue weighted by atomic mass is 9.91. The summed E-state index contributed by atoms with van der Waals surface area (Å²) in [6, 6.07) is 0.800. The number of nitro groups is 4. The van der Waals surface area contributed by atoms with Gasteiger partial charge in [-0.1, -0.05) is 26.7 Å². The Morgan fingerprint density at radius 1 is 0.600 bits per heavy atom. The summed E-state index contributed by atoms with van der Waals surface area (Å²) in [4.78, 5) is 51.7. The van der Waals surface area contributed by atoms with Crippen molar-refractivity contribution in [3.05, 3.63) is 87.0 Å². The largest absolute Gasteiger partial charge is 0.508 e. The number of benzene rings is 2. The number of unbranched alkanes of at least 4 members (excludes halogenated alkanes) is 2. The molecule has 2 aromatic carbocycles. The topological polar surface area (TPSA) is 208 Å². The zero-order chi connectivity index (χ0) is 38.4. The number of non-ortho nitro benzene ring substituents is 2. The molecule has 0 saturated carbocycles. The highest BCUT2D eigenvalue weighted by Crippen LogP contribution is 2.51. The van der Waals surface area contributed by atoms with E-state index >= 15 is 17.6 Å². The van der Waals surface area contributed by atoms with Crippen LogP contribution in [0.1, 0.15) is 61.8 Å². The van der Waals surface area contributed by atoms with Crippen molar-refractivity contribution >= 4 is 28.9 Å². The van der Waals surface area contributed by atoms with Crippen molar-refractivity contribution in [2.45, 2.75) is 76.1 Å². The average Bonchev–Trinajstić information content (AvgIpc) is 3.02. The van der Waals surface area contributed by atoms with Gasteiger partial charge in [0.1, 0.15) is 11.1 Å². The quantitative estimate of drug-likeness (QED) is 0.0615. The molecule has 23 heteroatoms.